The molecule has 2 aromatic carbocycles. The zero-order valence-electron chi connectivity index (χ0n) is 21.4. The van der Waals surface area contributed by atoms with E-state index in [4.69, 9.17) is 4.74 Å². The lowest BCUT2D eigenvalue weighted by Crippen LogP contribution is -2.42. The SMILES string of the molecule is CCCCCC1CCC(OCC(F)(F)Oc2ccc(-c3cc(F)c(OC(F)(F)C(F)(F)F)c(F)c3)c(F)c2)CC1. The van der Waals surface area contributed by atoms with Gasteiger partial charge in [-0.25, -0.2) is 13.2 Å². The quantitative estimate of drug-likeness (QED) is 0.182. The van der Waals surface area contributed by atoms with Gasteiger partial charge in [0.1, 0.15) is 11.6 Å². The van der Waals surface area contributed by atoms with E-state index >= 15 is 0 Å². The van der Waals surface area contributed by atoms with E-state index in [0.29, 0.717) is 24.8 Å². The fourth-order valence-corrected chi connectivity index (χ4v) is 4.48. The molecule has 1 aliphatic rings. The number of unbranched alkanes of at least 4 members (excludes halogenated alkanes) is 2. The Labute approximate surface area is 224 Å². The topological polar surface area (TPSA) is 27.7 Å². The van der Waals surface area contributed by atoms with Crippen molar-refractivity contribution < 1.29 is 58.1 Å². The van der Waals surface area contributed by atoms with Crippen molar-refractivity contribution in [2.45, 2.75) is 82.8 Å². The van der Waals surface area contributed by atoms with Gasteiger partial charge in [-0.1, -0.05) is 32.6 Å². The van der Waals surface area contributed by atoms with Crippen LogP contribution in [0.3, 0.4) is 0 Å². The van der Waals surface area contributed by atoms with Crippen molar-refractivity contribution in [3.8, 4) is 22.6 Å². The van der Waals surface area contributed by atoms with Crippen LogP contribution in [0.2, 0.25) is 0 Å². The van der Waals surface area contributed by atoms with Crippen LogP contribution < -0.4 is 9.47 Å². The van der Waals surface area contributed by atoms with Crippen LogP contribution in [0.5, 0.6) is 11.5 Å². The van der Waals surface area contributed by atoms with Crippen LogP contribution in [-0.2, 0) is 4.74 Å². The Bertz CT molecular complexity index is 1110. The molecule has 0 heterocycles. The van der Waals surface area contributed by atoms with Crippen molar-refractivity contribution in [3.63, 3.8) is 0 Å². The summed E-state index contributed by atoms with van der Waals surface area (Å²) in [6.07, 6.45) is -8.78. The van der Waals surface area contributed by atoms with Crippen LogP contribution in [0.1, 0.15) is 58.3 Å². The average Bonchev–Trinajstić information content (AvgIpc) is 2.85. The van der Waals surface area contributed by atoms with Crippen molar-refractivity contribution in [1.29, 1.82) is 0 Å². The molecule has 40 heavy (non-hydrogen) atoms. The van der Waals surface area contributed by atoms with E-state index in [1.165, 1.54) is 0 Å². The minimum atomic E-state index is -6.26. The minimum absolute atomic E-state index is 0.255. The zero-order valence-corrected chi connectivity index (χ0v) is 21.4. The first-order valence-corrected chi connectivity index (χ1v) is 12.7. The molecule has 1 saturated carbocycles. The standard InChI is InChI=1S/C27H28F10O3/c1-2-3-4-5-16-6-8-18(9-7-16)38-15-25(31,32)39-19-10-11-20(21(28)14-19)17-12-22(29)24(23(30)13-17)40-27(36,37)26(33,34)35/h10-14,16,18H,2-9,15H2,1H3. The van der Waals surface area contributed by atoms with Gasteiger partial charge in [0.15, 0.2) is 24.0 Å². The maximum atomic E-state index is 14.6. The van der Waals surface area contributed by atoms with E-state index in [0.717, 1.165) is 50.7 Å². The molecule has 0 atom stereocenters. The molecule has 3 nitrogen and oxygen atoms in total. The molecule has 0 N–H and O–H groups in total. The van der Waals surface area contributed by atoms with Crippen molar-refractivity contribution in [3.05, 3.63) is 47.8 Å². The lowest BCUT2D eigenvalue weighted by Gasteiger charge is -2.29. The summed E-state index contributed by atoms with van der Waals surface area (Å²) in [4.78, 5) is 0. The molecule has 224 valence electrons. The molecular formula is C27H28F10O3. The molecule has 13 heteroatoms. The molecule has 1 aliphatic carbocycles. The summed E-state index contributed by atoms with van der Waals surface area (Å²) in [6.45, 7) is 1.04. The van der Waals surface area contributed by atoms with E-state index < -0.39 is 65.1 Å². The Balaban J connectivity index is 1.61. The summed E-state index contributed by atoms with van der Waals surface area (Å²) in [6, 6.07) is 2.70. The second kappa shape index (κ2) is 12.9. The highest BCUT2D eigenvalue weighted by molar-refractivity contribution is 5.66. The number of rotatable bonds is 12. The highest BCUT2D eigenvalue weighted by atomic mass is 19.4. The van der Waals surface area contributed by atoms with Crippen molar-refractivity contribution in [1.82, 2.24) is 0 Å². The van der Waals surface area contributed by atoms with Gasteiger partial charge in [0, 0.05) is 11.6 Å². The molecule has 0 radical (unpaired) electrons. The summed E-state index contributed by atoms with van der Waals surface area (Å²) < 4.78 is 148. The van der Waals surface area contributed by atoms with Gasteiger partial charge in [0.05, 0.1) is 6.10 Å². The Morgan fingerprint density at radius 2 is 1.40 bits per heavy atom. The van der Waals surface area contributed by atoms with Gasteiger partial charge in [0.2, 0.25) is 0 Å². The van der Waals surface area contributed by atoms with Crippen molar-refractivity contribution in [2.75, 3.05) is 6.61 Å². The van der Waals surface area contributed by atoms with Crippen LogP contribution in [-0.4, -0.2) is 31.1 Å². The summed E-state index contributed by atoms with van der Waals surface area (Å²) in [5.41, 5.74) is -1.20. The molecule has 0 amide bonds. The fourth-order valence-electron chi connectivity index (χ4n) is 4.48. The zero-order chi connectivity index (χ0) is 29.7. The molecule has 3 rings (SSSR count). The average molecular weight is 590 g/mol. The second-order valence-electron chi connectivity index (χ2n) is 9.72. The maximum Gasteiger partial charge on any atom is 0.499 e. The van der Waals surface area contributed by atoms with E-state index in [-0.39, 0.29) is 18.2 Å². The highest BCUT2D eigenvalue weighted by Crippen LogP contribution is 2.40. The van der Waals surface area contributed by atoms with E-state index in [2.05, 4.69) is 16.4 Å². The molecule has 0 unspecified atom stereocenters. The molecule has 2 aromatic rings. The molecule has 0 aliphatic heterocycles. The van der Waals surface area contributed by atoms with Gasteiger partial charge in [-0.15, -0.1) is 0 Å². The Hall–Kier alpha value is -2.70. The van der Waals surface area contributed by atoms with Gasteiger partial charge in [-0.3, -0.25) is 0 Å². The lowest BCUT2D eigenvalue weighted by molar-refractivity contribution is -0.361. The van der Waals surface area contributed by atoms with E-state index in [1.807, 2.05) is 0 Å². The van der Waals surface area contributed by atoms with E-state index in [9.17, 15) is 43.9 Å². The largest absolute Gasteiger partial charge is 0.499 e. The van der Waals surface area contributed by atoms with Crippen LogP contribution in [0.25, 0.3) is 11.1 Å². The third-order valence-electron chi connectivity index (χ3n) is 6.57. The summed E-state index contributed by atoms with van der Waals surface area (Å²) >= 11 is 0. The molecule has 0 spiro atoms. The number of alkyl halides is 7. The monoisotopic (exact) mass is 590 g/mol. The number of halogens is 10. The summed E-state index contributed by atoms with van der Waals surface area (Å²) in [5, 5.41) is 0. The predicted octanol–water partition coefficient (Wildman–Crippen LogP) is 9.43. The van der Waals surface area contributed by atoms with Crippen molar-refractivity contribution in [2.24, 2.45) is 5.92 Å². The summed E-state index contributed by atoms with van der Waals surface area (Å²) in [7, 11) is 0. The third kappa shape index (κ3) is 8.40. The molecule has 0 saturated heterocycles. The van der Waals surface area contributed by atoms with E-state index in [1.54, 1.807) is 0 Å². The normalized spacial score (nSPS) is 18.6. The van der Waals surface area contributed by atoms with Crippen LogP contribution in [0.4, 0.5) is 43.9 Å². The maximum absolute atomic E-state index is 14.6. The predicted molar refractivity (Wildman–Crippen MR) is 125 cm³/mol. The highest BCUT2D eigenvalue weighted by Gasteiger charge is 2.61. The minimum Gasteiger partial charge on any atom is -0.431 e. The van der Waals surface area contributed by atoms with Crippen LogP contribution in [0, 0.1) is 23.4 Å². The van der Waals surface area contributed by atoms with Gasteiger partial charge in [0.25, 0.3) is 0 Å². The Kier molecular flexibility index (Phi) is 10.2. The van der Waals surface area contributed by atoms with Gasteiger partial charge >= 0.3 is 18.4 Å². The van der Waals surface area contributed by atoms with Gasteiger partial charge in [-0.2, -0.15) is 30.7 Å². The van der Waals surface area contributed by atoms with Gasteiger partial charge in [-0.05, 0) is 61.4 Å². The number of benzene rings is 2. The van der Waals surface area contributed by atoms with Crippen LogP contribution in [0.15, 0.2) is 30.3 Å². The summed E-state index contributed by atoms with van der Waals surface area (Å²) in [5.74, 6) is -7.36. The molecule has 1 fully saturated rings. The van der Waals surface area contributed by atoms with Crippen LogP contribution >= 0.6 is 0 Å². The first kappa shape index (κ1) is 31.8. The second-order valence-corrected chi connectivity index (χ2v) is 9.72. The first-order chi connectivity index (χ1) is 18.6. The number of hydrogen-bond donors (Lipinski definition) is 0. The molecule has 0 bridgehead atoms. The first-order valence-electron chi connectivity index (χ1n) is 12.7. The lowest BCUT2D eigenvalue weighted by atomic mass is 9.84. The Morgan fingerprint density at radius 1 is 0.775 bits per heavy atom. The number of ether oxygens (including phenoxy) is 3. The third-order valence-corrected chi connectivity index (χ3v) is 6.57. The number of hydrogen-bond acceptors (Lipinski definition) is 3. The van der Waals surface area contributed by atoms with Gasteiger partial charge < -0.3 is 14.2 Å². The molecular weight excluding hydrogens is 562 g/mol. The Morgan fingerprint density at radius 3 is 1.95 bits per heavy atom. The molecule has 0 aromatic heterocycles. The van der Waals surface area contributed by atoms with Crippen molar-refractivity contribution >= 4 is 0 Å². The fraction of sp³-hybridized carbons (Fsp3) is 0.556. The smallest absolute Gasteiger partial charge is 0.431 e.